The van der Waals surface area contributed by atoms with E-state index < -0.39 is 11.0 Å². The van der Waals surface area contributed by atoms with Gasteiger partial charge in [0.1, 0.15) is 11.5 Å². The SMILES string of the molecule is COc1ccc(-c2cc([N+](=O)[O-])ccc2O[C@@H](C)C(=O)NCC2CCCCC2)cc1. The summed E-state index contributed by atoms with van der Waals surface area (Å²) in [6.07, 6.45) is 5.31. The molecule has 1 N–H and O–H groups in total. The Labute approximate surface area is 176 Å². The third-order valence-electron chi connectivity index (χ3n) is 5.54. The third kappa shape index (κ3) is 5.49. The van der Waals surface area contributed by atoms with Crippen LogP contribution in [0.15, 0.2) is 42.5 Å². The number of nitro groups is 1. The van der Waals surface area contributed by atoms with Crippen molar-refractivity contribution in [2.45, 2.75) is 45.1 Å². The lowest BCUT2D eigenvalue weighted by Crippen LogP contribution is -2.39. The van der Waals surface area contributed by atoms with Crippen LogP contribution >= 0.6 is 0 Å². The highest BCUT2D eigenvalue weighted by Gasteiger charge is 2.21. The molecule has 2 aromatic carbocycles. The van der Waals surface area contributed by atoms with Gasteiger partial charge in [-0.05, 0) is 49.4 Å². The fourth-order valence-corrected chi connectivity index (χ4v) is 3.75. The number of nitrogens with zero attached hydrogens (tertiary/aromatic N) is 1. The second-order valence-corrected chi connectivity index (χ2v) is 7.68. The number of ether oxygens (including phenoxy) is 2. The van der Waals surface area contributed by atoms with E-state index in [0.717, 1.165) is 18.4 Å². The standard InChI is InChI=1S/C23H28N2O5/c1-16(23(26)24-15-17-6-4-3-5-7-17)30-22-13-10-19(25(27)28)14-21(22)18-8-11-20(29-2)12-9-18/h8-14,16-17H,3-7,15H2,1-2H3,(H,24,26)/t16-/m0/s1. The van der Waals surface area contributed by atoms with Crippen LogP contribution in [-0.4, -0.2) is 30.6 Å². The third-order valence-corrected chi connectivity index (χ3v) is 5.54. The predicted octanol–water partition coefficient (Wildman–Crippen LogP) is 4.73. The lowest BCUT2D eigenvalue weighted by atomic mass is 9.89. The van der Waals surface area contributed by atoms with Gasteiger partial charge in [0, 0.05) is 24.2 Å². The van der Waals surface area contributed by atoms with Crippen LogP contribution in [0.1, 0.15) is 39.0 Å². The molecule has 1 atom stereocenters. The van der Waals surface area contributed by atoms with Crippen molar-refractivity contribution in [1.29, 1.82) is 0 Å². The number of amides is 1. The normalized spacial score (nSPS) is 15.3. The molecular weight excluding hydrogens is 384 g/mol. The van der Waals surface area contributed by atoms with Crippen molar-refractivity contribution in [1.82, 2.24) is 5.32 Å². The minimum absolute atomic E-state index is 0.0393. The largest absolute Gasteiger partial charge is 0.497 e. The summed E-state index contributed by atoms with van der Waals surface area (Å²) < 4.78 is 11.1. The average molecular weight is 412 g/mol. The monoisotopic (exact) mass is 412 g/mol. The van der Waals surface area contributed by atoms with Crippen molar-refractivity contribution < 1.29 is 19.2 Å². The molecule has 1 amide bonds. The molecule has 0 bridgehead atoms. The maximum atomic E-state index is 12.5. The van der Waals surface area contributed by atoms with Gasteiger partial charge in [-0.3, -0.25) is 14.9 Å². The maximum Gasteiger partial charge on any atom is 0.270 e. The number of carbonyl (C=O) groups is 1. The Bertz CT molecular complexity index is 876. The Morgan fingerprint density at radius 2 is 1.87 bits per heavy atom. The van der Waals surface area contributed by atoms with Crippen LogP contribution in [0, 0.1) is 16.0 Å². The topological polar surface area (TPSA) is 90.7 Å². The molecule has 7 nitrogen and oxygen atoms in total. The molecule has 0 radical (unpaired) electrons. The van der Waals surface area contributed by atoms with Gasteiger partial charge < -0.3 is 14.8 Å². The van der Waals surface area contributed by atoms with E-state index in [-0.39, 0.29) is 11.6 Å². The molecule has 0 unspecified atom stereocenters. The van der Waals surface area contributed by atoms with Gasteiger partial charge in [0.2, 0.25) is 0 Å². The molecule has 2 aromatic rings. The van der Waals surface area contributed by atoms with Crippen molar-refractivity contribution >= 4 is 11.6 Å². The van der Waals surface area contributed by atoms with Gasteiger partial charge in [-0.25, -0.2) is 0 Å². The summed E-state index contributed by atoms with van der Waals surface area (Å²) in [6.45, 7) is 2.35. The van der Waals surface area contributed by atoms with E-state index in [0.29, 0.717) is 29.5 Å². The minimum atomic E-state index is -0.716. The van der Waals surface area contributed by atoms with Gasteiger partial charge in [-0.1, -0.05) is 31.4 Å². The molecule has 0 spiro atoms. The Hall–Kier alpha value is -3.09. The molecule has 1 aliphatic rings. The number of hydrogen-bond donors (Lipinski definition) is 1. The molecule has 1 fully saturated rings. The molecule has 0 saturated heterocycles. The maximum absolute atomic E-state index is 12.5. The van der Waals surface area contributed by atoms with E-state index in [9.17, 15) is 14.9 Å². The molecule has 160 valence electrons. The number of hydrogen-bond acceptors (Lipinski definition) is 5. The summed E-state index contributed by atoms with van der Waals surface area (Å²) in [5, 5.41) is 14.2. The van der Waals surface area contributed by atoms with E-state index in [1.807, 2.05) is 0 Å². The molecule has 0 aliphatic heterocycles. The van der Waals surface area contributed by atoms with Gasteiger partial charge in [0.25, 0.3) is 11.6 Å². The van der Waals surface area contributed by atoms with E-state index in [4.69, 9.17) is 9.47 Å². The van der Waals surface area contributed by atoms with Crippen molar-refractivity contribution in [3.05, 3.63) is 52.6 Å². The summed E-state index contributed by atoms with van der Waals surface area (Å²) in [4.78, 5) is 23.3. The lowest BCUT2D eigenvalue weighted by Gasteiger charge is -2.23. The van der Waals surface area contributed by atoms with Crippen LogP contribution < -0.4 is 14.8 Å². The molecule has 0 aromatic heterocycles. The second kappa shape index (κ2) is 10.1. The first-order valence-corrected chi connectivity index (χ1v) is 10.3. The zero-order valence-electron chi connectivity index (χ0n) is 17.4. The first kappa shape index (κ1) is 21.6. The smallest absolute Gasteiger partial charge is 0.270 e. The van der Waals surface area contributed by atoms with Crippen LogP contribution in [0.2, 0.25) is 0 Å². The van der Waals surface area contributed by atoms with Crippen LogP contribution in [0.4, 0.5) is 5.69 Å². The van der Waals surface area contributed by atoms with Crippen molar-refractivity contribution in [3.8, 4) is 22.6 Å². The van der Waals surface area contributed by atoms with Gasteiger partial charge >= 0.3 is 0 Å². The molecule has 30 heavy (non-hydrogen) atoms. The quantitative estimate of drug-likeness (QED) is 0.500. The summed E-state index contributed by atoms with van der Waals surface area (Å²) in [7, 11) is 1.57. The Kier molecular flexibility index (Phi) is 7.27. The van der Waals surface area contributed by atoms with Crippen molar-refractivity contribution in [3.63, 3.8) is 0 Å². The highest BCUT2D eigenvalue weighted by atomic mass is 16.6. The van der Waals surface area contributed by atoms with Gasteiger partial charge in [-0.15, -0.1) is 0 Å². The first-order chi connectivity index (χ1) is 14.5. The van der Waals surface area contributed by atoms with E-state index in [1.165, 1.54) is 31.4 Å². The van der Waals surface area contributed by atoms with Gasteiger partial charge in [-0.2, -0.15) is 0 Å². The number of benzene rings is 2. The fraction of sp³-hybridized carbons (Fsp3) is 0.435. The van der Waals surface area contributed by atoms with E-state index in [2.05, 4.69) is 5.32 Å². The number of nitrogens with one attached hydrogen (secondary N) is 1. The molecule has 7 heteroatoms. The Balaban J connectivity index is 1.74. The first-order valence-electron chi connectivity index (χ1n) is 10.3. The molecule has 1 saturated carbocycles. The van der Waals surface area contributed by atoms with Crippen molar-refractivity contribution in [2.75, 3.05) is 13.7 Å². The predicted molar refractivity (Wildman–Crippen MR) is 115 cm³/mol. The number of nitro benzene ring substituents is 1. The zero-order chi connectivity index (χ0) is 21.5. The van der Waals surface area contributed by atoms with Gasteiger partial charge in [0.15, 0.2) is 6.10 Å². The second-order valence-electron chi connectivity index (χ2n) is 7.68. The number of methoxy groups -OCH3 is 1. The molecule has 3 rings (SSSR count). The number of non-ortho nitro benzene ring substituents is 1. The summed E-state index contributed by atoms with van der Waals surface area (Å²) in [5.41, 5.74) is 1.26. The minimum Gasteiger partial charge on any atom is -0.497 e. The van der Waals surface area contributed by atoms with E-state index >= 15 is 0 Å². The number of rotatable bonds is 8. The molecular formula is C23H28N2O5. The summed E-state index contributed by atoms with van der Waals surface area (Å²) >= 11 is 0. The summed E-state index contributed by atoms with van der Waals surface area (Å²) in [5.74, 6) is 1.46. The van der Waals surface area contributed by atoms with E-state index in [1.54, 1.807) is 44.4 Å². The van der Waals surface area contributed by atoms with Crippen LogP contribution in [-0.2, 0) is 4.79 Å². The van der Waals surface area contributed by atoms with Crippen molar-refractivity contribution in [2.24, 2.45) is 5.92 Å². The Morgan fingerprint density at radius 3 is 2.50 bits per heavy atom. The summed E-state index contributed by atoms with van der Waals surface area (Å²) in [6, 6.07) is 11.6. The van der Waals surface area contributed by atoms with Crippen LogP contribution in [0.5, 0.6) is 11.5 Å². The average Bonchev–Trinajstić information content (AvgIpc) is 2.78. The van der Waals surface area contributed by atoms with Crippen LogP contribution in [0.25, 0.3) is 11.1 Å². The highest BCUT2D eigenvalue weighted by molar-refractivity contribution is 5.81. The number of carbonyl (C=O) groups excluding carboxylic acids is 1. The molecule has 1 aliphatic carbocycles. The Morgan fingerprint density at radius 1 is 1.17 bits per heavy atom. The highest BCUT2D eigenvalue weighted by Crippen LogP contribution is 2.35. The van der Waals surface area contributed by atoms with Gasteiger partial charge in [0.05, 0.1) is 12.0 Å². The molecule has 0 heterocycles. The fourth-order valence-electron chi connectivity index (χ4n) is 3.75. The lowest BCUT2D eigenvalue weighted by molar-refractivity contribution is -0.384. The zero-order valence-corrected chi connectivity index (χ0v) is 17.4. The van der Waals surface area contributed by atoms with Crippen LogP contribution in [0.3, 0.4) is 0 Å².